The van der Waals surface area contributed by atoms with Gasteiger partial charge >= 0.3 is 0 Å². The Kier molecular flexibility index (Phi) is 3.95. The highest BCUT2D eigenvalue weighted by atomic mass is 16.3. The van der Waals surface area contributed by atoms with Gasteiger partial charge in [-0.25, -0.2) is 0 Å². The van der Waals surface area contributed by atoms with E-state index < -0.39 is 6.10 Å². The highest BCUT2D eigenvalue weighted by molar-refractivity contribution is 5.95. The molecule has 0 amide bonds. The van der Waals surface area contributed by atoms with Gasteiger partial charge in [-0.05, 0) is 31.2 Å². The van der Waals surface area contributed by atoms with Gasteiger partial charge in [-0.15, -0.1) is 0 Å². The minimum atomic E-state index is -0.476. The van der Waals surface area contributed by atoms with Crippen molar-refractivity contribution in [2.45, 2.75) is 45.1 Å². The molecule has 1 aliphatic carbocycles. The number of aliphatic hydroxyl groups is 1. The van der Waals surface area contributed by atoms with Crippen molar-refractivity contribution in [3.8, 4) is 0 Å². The molecule has 1 aromatic rings. The number of carbonyl (C=O) groups excluding carboxylic acids is 1. The second-order valence-electron chi connectivity index (χ2n) is 4.99. The van der Waals surface area contributed by atoms with Crippen LogP contribution in [0.3, 0.4) is 0 Å². The normalized spacial score (nSPS) is 18.9. The predicted molar refractivity (Wildman–Crippen MR) is 68.0 cm³/mol. The third-order valence-corrected chi connectivity index (χ3v) is 3.76. The van der Waals surface area contributed by atoms with Gasteiger partial charge in [-0.1, -0.05) is 43.5 Å². The Morgan fingerprint density at radius 1 is 1.24 bits per heavy atom. The van der Waals surface area contributed by atoms with E-state index in [0.29, 0.717) is 11.5 Å². The van der Waals surface area contributed by atoms with Gasteiger partial charge in [0.25, 0.3) is 0 Å². The molecule has 0 spiro atoms. The molecule has 1 aromatic carbocycles. The maximum Gasteiger partial charge on any atom is 0.160 e. The first kappa shape index (κ1) is 12.3. The van der Waals surface area contributed by atoms with Gasteiger partial charge in [0.2, 0.25) is 0 Å². The fourth-order valence-electron chi connectivity index (χ4n) is 2.78. The zero-order valence-electron chi connectivity index (χ0n) is 10.4. The van der Waals surface area contributed by atoms with Gasteiger partial charge in [-0.2, -0.15) is 0 Å². The lowest BCUT2D eigenvalue weighted by molar-refractivity contribution is 0.0820. The first-order valence-corrected chi connectivity index (χ1v) is 6.48. The van der Waals surface area contributed by atoms with Crippen LogP contribution in [0.15, 0.2) is 24.3 Å². The molecule has 1 atom stereocenters. The van der Waals surface area contributed by atoms with Crippen molar-refractivity contribution in [3.05, 3.63) is 35.4 Å². The van der Waals surface area contributed by atoms with Gasteiger partial charge in [0, 0.05) is 5.56 Å². The fraction of sp³-hybridized carbons (Fsp3) is 0.533. The van der Waals surface area contributed by atoms with Crippen LogP contribution in [-0.4, -0.2) is 10.9 Å². The smallest absolute Gasteiger partial charge is 0.160 e. The van der Waals surface area contributed by atoms with E-state index in [0.717, 1.165) is 18.4 Å². The molecule has 1 unspecified atom stereocenters. The van der Waals surface area contributed by atoms with Gasteiger partial charge in [0.05, 0.1) is 6.10 Å². The lowest BCUT2D eigenvalue weighted by Crippen LogP contribution is -2.18. The van der Waals surface area contributed by atoms with E-state index in [-0.39, 0.29) is 5.78 Å². The molecule has 0 aromatic heterocycles. The molecule has 0 bridgehead atoms. The Morgan fingerprint density at radius 2 is 1.88 bits per heavy atom. The van der Waals surface area contributed by atoms with Crippen molar-refractivity contribution in [1.82, 2.24) is 0 Å². The fourth-order valence-corrected chi connectivity index (χ4v) is 2.78. The molecule has 0 saturated heterocycles. The Balaban J connectivity index is 2.23. The second kappa shape index (κ2) is 5.46. The molecule has 2 heteroatoms. The third-order valence-electron chi connectivity index (χ3n) is 3.76. The van der Waals surface area contributed by atoms with Crippen LogP contribution in [0.4, 0.5) is 0 Å². The summed E-state index contributed by atoms with van der Waals surface area (Å²) < 4.78 is 0. The molecule has 2 nitrogen and oxygen atoms in total. The van der Waals surface area contributed by atoms with E-state index in [9.17, 15) is 9.90 Å². The van der Waals surface area contributed by atoms with Crippen LogP contribution in [0.1, 0.15) is 61.1 Å². The number of rotatable bonds is 3. The molecule has 92 valence electrons. The van der Waals surface area contributed by atoms with Crippen molar-refractivity contribution in [3.63, 3.8) is 0 Å². The number of aliphatic hydroxyl groups excluding tert-OH is 1. The molecule has 0 heterocycles. The summed E-state index contributed by atoms with van der Waals surface area (Å²) >= 11 is 0. The molecule has 0 radical (unpaired) electrons. The monoisotopic (exact) mass is 232 g/mol. The largest absolute Gasteiger partial charge is 0.388 e. The Bertz CT molecular complexity index is 392. The van der Waals surface area contributed by atoms with Crippen LogP contribution in [0.2, 0.25) is 0 Å². The summed E-state index contributed by atoms with van der Waals surface area (Å²) in [6.45, 7) is 1.56. The van der Waals surface area contributed by atoms with Crippen molar-refractivity contribution in [2.24, 2.45) is 5.92 Å². The standard InChI is InChI=1S/C15H20O2/c1-11(16)13-9-5-6-10-14(13)15(17)12-7-3-2-4-8-12/h5-6,9-10,12,15,17H,2-4,7-8H2,1H3. The maximum atomic E-state index is 11.5. The summed E-state index contributed by atoms with van der Waals surface area (Å²) in [6.07, 6.45) is 5.35. The van der Waals surface area contributed by atoms with E-state index >= 15 is 0 Å². The minimum Gasteiger partial charge on any atom is -0.388 e. The zero-order valence-corrected chi connectivity index (χ0v) is 10.4. The van der Waals surface area contributed by atoms with Crippen LogP contribution in [-0.2, 0) is 0 Å². The summed E-state index contributed by atoms with van der Waals surface area (Å²) in [4.78, 5) is 11.5. The average Bonchev–Trinajstić information content (AvgIpc) is 2.39. The van der Waals surface area contributed by atoms with Crippen LogP contribution in [0.5, 0.6) is 0 Å². The molecule has 1 aliphatic rings. The van der Waals surface area contributed by atoms with Gasteiger partial charge in [0.15, 0.2) is 5.78 Å². The first-order valence-electron chi connectivity index (χ1n) is 6.48. The van der Waals surface area contributed by atoms with Crippen molar-refractivity contribution in [2.75, 3.05) is 0 Å². The Hall–Kier alpha value is -1.15. The average molecular weight is 232 g/mol. The molecular formula is C15H20O2. The van der Waals surface area contributed by atoms with Crippen molar-refractivity contribution in [1.29, 1.82) is 0 Å². The molecule has 1 saturated carbocycles. The Labute approximate surface area is 103 Å². The molecule has 17 heavy (non-hydrogen) atoms. The van der Waals surface area contributed by atoms with E-state index in [1.54, 1.807) is 6.92 Å². The predicted octanol–water partition coefficient (Wildman–Crippen LogP) is 3.50. The number of hydrogen-bond acceptors (Lipinski definition) is 2. The number of ketones is 1. The maximum absolute atomic E-state index is 11.5. The van der Waals surface area contributed by atoms with E-state index in [2.05, 4.69) is 0 Å². The zero-order chi connectivity index (χ0) is 12.3. The number of hydrogen-bond donors (Lipinski definition) is 1. The summed E-state index contributed by atoms with van der Waals surface area (Å²) in [6, 6.07) is 7.45. The van der Waals surface area contributed by atoms with Gasteiger partial charge in [-0.3, -0.25) is 4.79 Å². The SMILES string of the molecule is CC(=O)c1ccccc1C(O)C1CCCCC1. The van der Waals surface area contributed by atoms with E-state index in [1.807, 2.05) is 24.3 Å². The van der Waals surface area contributed by atoms with Crippen LogP contribution in [0.25, 0.3) is 0 Å². The number of carbonyl (C=O) groups is 1. The molecule has 1 N–H and O–H groups in total. The molecular weight excluding hydrogens is 212 g/mol. The second-order valence-corrected chi connectivity index (χ2v) is 4.99. The summed E-state index contributed by atoms with van der Waals surface area (Å²) in [5.74, 6) is 0.361. The number of benzene rings is 1. The van der Waals surface area contributed by atoms with Crippen LogP contribution < -0.4 is 0 Å². The van der Waals surface area contributed by atoms with E-state index in [4.69, 9.17) is 0 Å². The number of Topliss-reactive ketones (excluding diaryl/α,β-unsaturated/α-hetero) is 1. The first-order chi connectivity index (χ1) is 8.20. The summed E-state index contributed by atoms with van der Waals surface area (Å²) in [5.41, 5.74) is 1.48. The van der Waals surface area contributed by atoms with Gasteiger partial charge in [0.1, 0.15) is 0 Å². The highest BCUT2D eigenvalue weighted by Crippen LogP contribution is 2.35. The highest BCUT2D eigenvalue weighted by Gasteiger charge is 2.25. The molecule has 1 fully saturated rings. The molecule has 0 aliphatic heterocycles. The van der Waals surface area contributed by atoms with E-state index in [1.165, 1.54) is 19.3 Å². The van der Waals surface area contributed by atoms with Crippen molar-refractivity contribution < 1.29 is 9.90 Å². The van der Waals surface area contributed by atoms with Crippen LogP contribution >= 0.6 is 0 Å². The summed E-state index contributed by atoms with van der Waals surface area (Å²) in [5, 5.41) is 10.4. The van der Waals surface area contributed by atoms with Gasteiger partial charge < -0.3 is 5.11 Å². The minimum absolute atomic E-state index is 0.0375. The summed E-state index contributed by atoms with van der Waals surface area (Å²) in [7, 11) is 0. The van der Waals surface area contributed by atoms with Crippen molar-refractivity contribution >= 4 is 5.78 Å². The quantitative estimate of drug-likeness (QED) is 0.810. The van der Waals surface area contributed by atoms with Crippen LogP contribution in [0, 0.1) is 5.92 Å². The Morgan fingerprint density at radius 3 is 2.53 bits per heavy atom. The molecule has 2 rings (SSSR count). The third kappa shape index (κ3) is 2.75. The topological polar surface area (TPSA) is 37.3 Å². The lowest BCUT2D eigenvalue weighted by atomic mass is 9.81. The lowest BCUT2D eigenvalue weighted by Gasteiger charge is -2.27.